The quantitative estimate of drug-likeness (QED) is 0.673. The highest BCUT2D eigenvalue weighted by Gasteiger charge is 2.17. The zero-order chi connectivity index (χ0) is 14.7. The molecular weight excluding hydrogens is 262 g/mol. The molecule has 21 heavy (non-hydrogen) atoms. The molecule has 3 aromatic heterocycles. The predicted octanol–water partition coefficient (Wildman–Crippen LogP) is 2.96. The molecule has 0 saturated carbocycles. The van der Waals surface area contributed by atoms with Crippen LogP contribution in [0.4, 0.5) is 0 Å². The van der Waals surface area contributed by atoms with Gasteiger partial charge >= 0.3 is 0 Å². The highest BCUT2D eigenvalue weighted by Crippen LogP contribution is 2.28. The fourth-order valence-electron chi connectivity index (χ4n) is 2.58. The minimum atomic E-state index is 0.226. The number of nitrogens with one attached hydrogen (secondary N) is 3. The normalized spacial score (nSPS) is 12.5. The Bertz CT molecular complexity index is 685. The van der Waals surface area contributed by atoms with Crippen LogP contribution in [0.5, 0.6) is 0 Å². The van der Waals surface area contributed by atoms with Crippen LogP contribution in [0, 0.1) is 6.92 Å². The van der Waals surface area contributed by atoms with Crippen molar-refractivity contribution >= 4 is 0 Å². The molecule has 0 aliphatic heterocycles. The lowest BCUT2D eigenvalue weighted by Crippen LogP contribution is -2.19. The Kier molecular flexibility index (Phi) is 3.83. The van der Waals surface area contributed by atoms with Gasteiger partial charge in [-0.05, 0) is 31.5 Å². The van der Waals surface area contributed by atoms with Gasteiger partial charge in [-0.25, -0.2) is 4.98 Å². The van der Waals surface area contributed by atoms with Crippen LogP contribution in [0.25, 0.3) is 11.4 Å². The molecule has 0 spiro atoms. The molecule has 1 unspecified atom stereocenters. The highest BCUT2D eigenvalue weighted by molar-refractivity contribution is 5.62. The molecule has 0 aliphatic rings. The third-order valence-electron chi connectivity index (χ3n) is 3.68. The van der Waals surface area contributed by atoms with Crippen molar-refractivity contribution in [3.8, 4) is 11.4 Å². The Balaban J connectivity index is 1.78. The van der Waals surface area contributed by atoms with Gasteiger partial charge in [-0.15, -0.1) is 0 Å². The number of hydrogen-bond donors (Lipinski definition) is 3. The molecule has 1 atom stereocenters. The van der Waals surface area contributed by atoms with Crippen LogP contribution in [0.2, 0.25) is 0 Å². The van der Waals surface area contributed by atoms with Crippen molar-refractivity contribution in [2.24, 2.45) is 0 Å². The molecule has 0 aromatic carbocycles. The van der Waals surface area contributed by atoms with Gasteiger partial charge in [0.2, 0.25) is 0 Å². The summed E-state index contributed by atoms with van der Waals surface area (Å²) in [5.74, 6) is 0.895. The van der Waals surface area contributed by atoms with Gasteiger partial charge in [0.25, 0.3) is 0 Å². The van der Waals surface area contributed by atoms with Crippen LogP contribution in [-0.4, -0.2) is 19.9 Å². The molecular formula is C16H19N5. The lowest BCUT2D eigenvalue weighted by atomic mass is 10.0. The Morgan fingerprint density at radius 2 is 2.00 bits per heavy atom. The first-order valence-corrected chi connectivity index (χ1v) is 7.05. The number of hydrogen-bond acceptors (Lipinski definition) is 3. The van der Waals surface area contributed by atoms with Crippen LogP contribution in [0.3, 0.4) is 0 Å². The number of H-pyrrole nitrogens is 2. The van der Waals surface area contributed by atoms with E-state index >= 15 is 0 Å². The summed E-state index contributed by atoms with van der Waals surface area (Å²) in [5, 5.41) is 3.56. The Labute approximate surface area is 123 Å². The largest absolute Gasteiger partial charge is 0.364 e. The summed E-state index contributed by atoms with van der Waals surface area (Å²) in [7, 11) is 0. The number of pyridine rings is 1. The summed E-state index contributed by atoms with van der Waals surface area (Å²) >= 11 is 0. The van der Waals surface area contributed by atoms with E-state index < -0.39 is 0 Å². The van der Waals surface area contributed by atoms with Crippen LogP contribution in [0.15, 0.2) is 43.1 Å². The second-order valence-corrected chi connectivity index (χ2v) is 5.14. The molecule has 0 fully saturated rings. The van der Waals surface area contributed by atoms with Crippen LogP contribution in [0.1, 0.15) is 29.8 Å². The molecule has 0 aliphatic carbocycles. The van der Waals surface area contributed by atoms with E-state index in [4.69, 9.17) is 0 Å². The summed E-state index contributed by atoms with van der Waals surface area (Å²) in [6.45, 7) is 5.07. The fraction of sp³-hybridized carbons (Fsp3) is 0.250. The maximum Gasteiger partial charge on any atom is 0.139 e. The van der Waals surface area contributed by atoms with Gasteiger partial charge in [0.05, 0.1) is 0 Å². The molecule has 3 aromatic rings. The Morgan fingerprint density at radius 1 is 1.19 bits per heavy atom. The lowest BCUT2D eigenvalue weighted by Gasteiger charge is -2.16. The summed E-state index contributed by atoms with van der Waals surface area (Å²) in [6, 6.07) is 4.28. The van der Waals surface area contributed by atoms with Gasteiger partial charge < -0.3 is 15.3 Å². The first kappa shape index (κ1) is 13.6. The van der Waals surface area contributed by atoms with Gasteiger partial charge in [0.1, 0.15) is 5.82 Å². The van der Waals surface area contributed by atoms with Crippen molar-refractivity contribution in [3.63, 3.8) is 0 Å². The summed E-state index contributed by atoms with van der Waals surface area (Å²) in [5.41, 5.74) is 4.76. The molecule has 3 N–H and O–H groups in total. The number of aromatic nitrogens is 4. The average molecular weight is 281 g/mol. The van der Waals surface area contributed by atoms with Crippen molar-refractivity contribution < 1.29 is 0 Å². The SMILES string of the molecule is Cc1[nH]cc(-c2ncc[nH]2)c1C(C)NCc1ccncc1. The lowest BCUT2D eigenvalue weighted by molar-refractivity contribution is 0.573. The van der Waals surface area contributed by atoms with Crippen molar-refractivity contribution in [1.82, 2.24) is 25.3 Å². The zero-order valence-corrected chi connectivity index (χ0v) is 12.2. The Morgan fingerprint density at radius 3 is 2.71 bits per heavy atom. The van der Waals surface area contributed by atoms with Crippen LogP contribution >= 0.6 is 0 Å². The summed E-state index contributed by atoms with van der Waals surface area (Å²) < 4.78 is 0. The molecule has 0 saturated heterocycles. The van der Waals surface area contributed by atoms with E-state index in [0.29, 0.717) is 0 Å². The van der Waals surface area contributed by atoms with E-state index in [-0.39, 0.29) is 6.04 Å². The first-order valence-electron chi connectivity index (χ1n) is 7.05. The third kappa shape index (κ3) is 2.87. The second-order valence-electron chi connectivity index (χ2n) is 5.14. The first-order chi connectivity index (χ1) is 10.3. The molecule has 0 bridgehead atoms. The maximum atomic E-state index is 4.35. The van der Waals surface area contributed by atoms with Crippen LogP contribution in [-0.2, 0) is 6.54 Å². The monoisotopic (exact) mass is 281 g/mol. The zero-order valence-electron chi connectivity index (χ0n) is 12.2. The minimum Gasteiger partial charge on any atom is -0.364 e. The van der Waals surface area contributed by atoms with E-state index in [0.717, 1.165) is 23.6 Å². The fourth-order valence-corrected chi connectivity index (χ4v) is 2.58. The van der Waals surface area contributed by atoms with Gasteiger partial charge in [-0.1, -0.05) is 0 Å². The van der Waals surface area contributed by atoms with Crippen molar-refractivity contribution in [1.29, 1.82) is 0 Å². The van der Waals surface area contributed by atoms with E-state index in [1.165, 1.54) is 11.1 Å². The van der Waals surface area contributed by atoms with E-state index in [2.05, 4.69) is 39.1 Å². The van der Waals surface area contributed by atoms with Crippen molar-refractivity contribution in [2.45, 2.75) is 26.4 Å². The van der Waals surface area contributed by atoms with Crippen molar-refractivity contribution in [2.75, 3.05) is 0 Å². The molecule has 3 rings (SSSR count). The summed E-state index contributed by atoms with van der Waals surface area (Å²) in [4.78, 5) is 14.9. The number of imidazole rings is 1. The topological polar surface area (TPSA) is 69.4 Å². The molecule has 5 nitrogen and oxygen atoms in total. The van der Waals surface area contributed by atoms with Gasteiger partial charge in [0, 0.05) is 60.4 Å². The van der Waals surface area contributed by atoms with E-state index in [1.807, 2.05) is 36.9 Å². The van der Waals surface area contributed by atoms with Gasteiger partial charge in [0.15, 0.2) is 0 Å². The smallest absolute Gasteiger partial charge is 0.139 e. The van der Waals surface area contributed by atoms with Gasteiger partial charge in [-0.2, -0.15) is 0 Å². The second kappa shape index (κ2) is 5.93. The average Bonchev–Trinajstić information content (AvgIpc) is 3.15. The molecule has 5 heteroatoms. The number of aromatic amines is 2. The minimum absolute atomic E-state index is 0.226. The van der Waals surface area contributed by atoms with Crippen molar-refractivity contribution in [3.05, 3.63) is 59.9 Å². The molecule has 0 radical (unpaired) electrons. The van der Waals surface area contributed by atoms with E-state index in [9.17, 15) is 0 Å². The standard InChI is InChI=1S/C16H19N5/c1-11(20-9-13-3-5-17-6-4-13)15-12(2)21-10-14(15)16-18-7-8-19-16/h3-8,10-11,20-21H,9H2,1-2H3,(H,18,19). The molecule has 0 amide bonds. The third-order valence-corrected chi connectivity index (χ3v) is 3.68. The summed E-state index contributed by atoms with van der Waals surface area (Å²) in [6.07, 6.45) is 9.26. The molecule has 3 heterocycles. The highest BCUT2D eigenvalue weighted by atomic mass is 14.9. The predicted molar refractivity (Wildman–Crippen MR) is 82.6 cm³/mol. The number of rotatable bonds is 5. The number of aryl methyl sites for hydroxylation is 1. The van der Waals surface area contributed by atoms with E-state index in [1.54, 1.807) is 6.20 Å². The number of nitrogens with zero attached hydrogens (tertiary/aromatic N) is 2. The van der Waals surface area contributed by atoms with Gasteiger partial charge in [-0.3, -0.25) is 4.98 Å². The van der Waals surface area contributed by atoms with Crippen LogP contribution < -0.4 is 5.32 Å². The molecule has 108 valence electrons. The maximum absolute atomic E-state index is 4.35. The Hall–Kier alpha value is -2.40.